The molecule has 6 nitrogen and oxygen atoms in total. The molecule has 0 amide bonds. The third-order valence-electron chi connectivity index (χ3n) is 14.3. The summed E-state index contributed by atoms with van der Waals surface area (Å²) in [6.45, 7) is 6.49. The maximum absolute atomic E-state index is 12.9. The molecule has 1 atom stereocenters. The maximum Gasteiger partial charge on any atom is 0.306 e. The molecule has 1 unspecified atom stereocenters. The normalized spacial score (nSPS) is 13.0. The Bertz CT molecular complexity index is 1800. The number of allylic oxidation sites excluding steroid dienone is 24. The molecule has 0 N–H and O–H groups in total. The first kappa shape index (κ1) is 78.3. The van der Waals surface area contributed by atoms with Gasteiger partial charge in [0, 0.05) is 19.3 Å². The quantitative estimate of drug-likeness (QED) is 0.0261. The zero-order valence-corrected chi connectivity index (χ0v) is 53.9. The van der Waals surface area contributed by atoms with Crippen LogP contribution in [0.4, 0.5) is 0 Å². The van der Waals surface area contributed by atoms with Gasteiger partial charge in [0.15, 0.2) is 6.10 Å². The third kappa shape index (κ3) is 68.0. The van der Waals surface area contributed by atoms with Crippen LogP contribution in [0.2, 0.25) is 0 Å². The summed E-state index contributed by atoms with van der Waals surface area (Å²) in [7, 11) is 0. The van der Waals surface area contributed by atoms with Crippen molar-refractivity contribution in [2.75, 3.05) is 13.2 Å². The highest BCUT2D eigenvalue weighted by Crippen LogP contribution is 2.15. The Morgan fingerprint density at radius 2 is 0.470 bits per heavy atom. The fourth-order valence-electron chi connectivity index (χ4n) is 9.21. The molecule has 0 aliphatic rings. The van der Waals surface area contributed by atoms with Crippen LogP contribution in [0.15, 0.2) is 146 Å². The Kier molecular flexibility index (Phi) is 65.8. The summed E-state index contributed by atoms with van der Waals surface area (Å²) < 4.78 is 16.9. The number of rotatable bonds is 61. The molecule has 0 saturated heterocycles. The number of carbonyl (C=O) groups is 3. The molecule has 0 heterocycles. The number of carbonyl (C=O) groups excluding carboxylic acids is 3. The van der Waals surface area contributed by atoms with E-state index in [4.69, 9.17) is 14.2 Å². The highest BCUT2D eigenvalue weighted by Gasteiger charge is 2.19. The highest BCUT2D eigenvalue weighted by atomic mass is 16.6. The van der Waals surface area contributed by atoms with Crippen LogP contribution >= 0.6 is 0 Å². The van der Waals surface area contributed by atoms with Crippen molar-refractivity contribution in [3.63, 3.8) is 0 Å². The van der Waals surface area contributed by atoms with Crippen LogP contribution < -0.4 is 0 Å². The van der Waals surface area contributed by atoms with Crippen molar-refractivity contribution >= 4 is 17.9 Å². The molecule has 0 aliphatic heterocycles. The van der Waals surface area contributed by atoms with Crippen molar-refractivity contribution in [3.05, 3.63) is 146 Å². The van der Waals surface area contributed by atoms with E-state index >= 15 is 0 Å². The van der Waals surface area contributed by atoms with Gasteiger partial charge < -0.3 is 14.2 Å². The molecule has 0 aliphatic carbocycles. The Morgan fingerprint density at radius 3 is 0.735 bits per heavy atom. The van der Waals surface area contributed by atoms with Gasteiger partial charge in [-0.25, -0.2) is 0 Å². The Hall–Kier alpha value is -4.71. The lowest BCUT2D eigenvalue weighted by molar-refractivity contribution is -0.167. The summed E-state index contributed by atoms with van der Waals surface area (Å²) in [5, 5.41) is 0. The van der Waals surface area contributed by atoms with Crippen LogP contribution in [0.1, 0.15) is 303 Å². The van der Waals surface area contributed by atoms with Gasteiger partial charge in [-0.05, 0) is 128 Å². The molecule has 6 heteroatoms. The zero-order valence-electron chi connectivity index (χ0n) is 53.9. The van der Waals surface area contributed by atoms with Crippen molar-refractivity contribution in [2.45, 2.75) is 309 Å². The third-order valence-corrected chi connectivity index (χ3v) is 14.3. The van der Waals surface area contributed by atoms with Crippen LogP contribution in [-0.4, -0.2) is 37.2 Å². The molecule has 0 bridgehead atoms. The Balaban J connectivity index is 4.34. The van der Waals surface area contributed by atoms with E-state index in [1.165, 1.54) is 103 Å². The molecule has 0 fully saturated rings. The topological polar surface area (TPSA) is 78.9 Å². The molecule has 0 aromatic carbocycles. The molecule has 0 aromatic heterocycles. The summed E-state index contributed by atoms with van der Waals surface area (Å²) >= 11 is 0. The SMILES string of the molecule is CC/C=C\C/C=C\C/C=C\C/C=C\C/C=C\C/C=C\C/C=C\C/C=C\C/C=C\CCCCCCCC(=O)OCC(COC(=O)CCCCCCCCCCCCC)OC(=O)CCCCCCCC/C=C\C/C=C\C/C=C\CCCCCCC. The van der Waals surface area contributed by atoms with E-state index in [1.54, 1.807) is 0 Å². The van der Waals surface area contributed by atoms with E-state index in [-0.39, 0.29) is 31.1 Å². The first-order valence-electron chi connectivity index (χ1n) is 34.3. The van der Waals surface area contributed by atoms with E-state index in [0.717, 1.165) is 161 Å². The smallest absolute Gasteiger partial charge is 0.306 e. The van der Waals surface area contributed by atoms with Crippen LogP contribution in [0.25, 0.3) is 0 Å². The molecule has 0 saturated carbocycles. The first-order valence-corrected chi connectivity index (χ1v) is 34.3. The van der Waals surface area contributed by atoms with Gasteiger partial charge in [0.2, 0.25) is 0 Å². The molecule has 0 aromatic rings. The second kappa shape index (κ2) is 69.8. The van der Waals surface area contributed by atoms with Crippen LogP contribution in [0, 0.1) is 0 Å². The molecule has 0 spiro atoms. The lowest BCUT2D eigenvalue weighted by atomic mass is 10.1. The van der Waals surface area contributed by atoms with Crippen LogP contribution in [-0.2, 0) is 28.6 Å². The Labute approximate surface area is 512 Å². The summed E-state index contributed by atoms with van der Waals surface area (Å²) in [6, 6.07) is 0. The van der Waals surface area contributed by atoms with E-state index in [0.29, 0.717) is 19.3 Å². The van der Waals surface area contributed by atoms with Gasteiger partial charge in [0.1, 0.15) is 13.2 Å². The average molecular weight is 1150 g/mol. The minimum atomic E-state index is -0.798. The van der Waals surface area contributed by atoms with Crippen molar-refractivity contribution in [2.24, 2.45) is 0 Å². The fourth-order valence-corrected chi connectivity index (χ4v) is 9.21. The number of ether oxygens (including phenoxy) is 3. The number of hydrogen-bond donors (Lipinski definition) is 0. The van der Waals surface area contributed by atoms with Crippen molar-refractivity contribution in [1.82, 2.24) is 0 Å². The number of unbranched alkanes of at least 4 members (excludes halogenated alkanes) is 26. The van der Waals surface area contributed by atoms with E-state index in [2.05, 4.69) is 167 Å². The lowest BCUT2D eigenvalue weighted by Crippen LogP contribution is -2.30. The number of hydrogen-bond acceptors (Lipinski definition) is 6. The predicted octanol–water partition coefficient (Wildman–Crippen LogP) is 23.9. The van der Waals surface area contributed by atoms with Crippen LogP contribution in [0.5, 0.6) is 0 Å². The molecule has 83 heavy (non-hydrogen) atoms. The van der Waals surface area contributed by atoms with Gasteiger partial charge >= 0.3 is 17.9 Å². The minimum Gasteiger partial charge on any atom is -0.462 e. The van der Waals surface area contributed by atoms with E-state index in [9.17, 15) is 14.4 Å². The maximum atomic E-state index is 12.9. The highest BCUT2D eigenvalue weighted by molar-refractivity contribution is 5.71. The van der Waals surface area contributed by atoms with E-state index < -0.39 is 6.10 Å². The fraction of sp³-hybridized carbons (Fsp3) is 0.649. The van der Waals surface area contributed by atoms with Crippen molar-refractivity contribution < 1.29 is 28.6 Å². The molecule has 0 radical (unpaired) electrons. The first-order chi connectivity index (χ1) is 41.0. The summed E-state index contributed by atoms with van der Waals surface area (Å²) in [5.74, 6) is -0.922. The standard InChI is InChI=1S/C77H126O6/c1-4-7-10-13-16-19-22-24-26-28-30-32-33-34-35-36-37-38-39-40-41-42-43-45-46-48-50-52-55-58-61-64-67-70-76(79)82-73-74(72-81-75(78)69-66-63-60-57-54-21-18-15-12-9-6-3)83-77(80)71-68-65-62-59-56-53-51-49-47-44-31-29-27-25-23-20-17-14-11-8-5-2/h7,10,16,19,23-26,29-32,34-35,37-38,40-41,43,45,47-50,74H,4-6,8-9,11-15,17-18,20-22,27-28,33,36,39,42,44,46,51-73H2,1-3H3/b10-7-,19-16-,25-23-,26-24-,31-29-,32-30-,35-34-,38-37-,41-40-,45-43-,49-47-,50-48-. The second-order valence-electron chi connectivity index (χ2n) is 22.4. The minimum absolute atomic E-state index is 0.0916. The predicted molar refractivity (Wildman–Crippen MR) is 362 cm³/mol. The molecular weight excluding hydrogens is 1020 g/mol. The average Bonchev–Trinajstić information content (AvgIpc) is 3.48. The summed E-state index contributed by atoms with van der Waals surface area (Å²) in [6.07, 6.45) is 100. The summed E-state index contributed by atoms with van der Waals surface area (Å²) in [4.78, 5) is 38.3. The van der Waals surface area contributed by atoms with Gasteiger partial charge in [0.25, 0.3) is 0 Å². The lowest BCUT2D eigenvalue weighted by Gasteiger charge is -2.18. The van der Waals surface area contributed by atoms with E-state index in [1.807, 2.05) is 0 Å². The largest absolute Gasteiger partial charge is 0.462 e. The molecule has 0 rings (SSSR count). The Morgan fingerprint density at radius 1 is 0.253 bits per heavy atom. The van der Waals surface area contributed by atoms with Crippen molar-refractivity contribution in [3.8, 4) is 0 Å². The molecule has 470 valence electrons. The second-order valence-corrected chi connectivity index (χ2v) is 22.4. The zero-order chi connectivity index (χ0) is 59.9. The van der Waals surface area contributed by atoms with Gasteiger partial charge in [0.05, 0.1) is 0 Å². The summed E-state index contributed by atoms with van der Waals surface area (Å²) in [5.41, 5.74) is 0. The van der Waals surface area contributed by atoms with Gasteiger partial charge in [-0.3, -0.25) is 14.4 Å². The molecular formula is C77H126O6. The van der Waals surface area contributed by atoms with Crippen LogP contribution in [0.3, 0.4) is 0 Å². The van der Waals surface area contributed by atoms with Gasteiger partial charge in [-0.1, -0.05) is 301 Å². The van der Waals surface area contributed by atoms with Gasteiger partial charge in [-0.2, -0.15) is 0 Å². The van der Waals surface area contributed by atoms with Gasteiger partial charge in [-0.15, -0.1) is 0 Å². The number of esters is 3. The van der Waals surface area contributed by atoms with Crippen molar-refractivity contribution in [1.29, 1.82) is 0 Å². The monoisotopic (exact) mass is 1150 g/mol.